The number of nitrogens with zero attached hydrogens (tertiary/aromatic N) is 1. The van der Waals surface area contributed by atoms with E-state index in [4.69, 9.17) is 9.47 Å². The van der Waals surface area contributed by atoms with Crippen molar-refractivity contribution in [1.82, 2.24) is 9.62 Å². The molecule has 1 heterocycles. The molecule has 1 atom stereocenters. The number of sulfonamides is 1. The maximum absolute atomic E-state index is 12.9. The molecule has 0 spiro atoms. The molecule has 1 aliphatic heterocycles. The molecular formula is C19H28N2O6S. The molecule has 0 saturated carbocycles. The van der Waals surface area contributed by atoms with Crippen molar-refractivity contribution >= 4 is 21.9 Å². The van der Waals surface area contributed by atoms with Crippen molar-refractivity contribution in [3.8, 4) is 0 Å². The number of hydrogen-bond donors (Lipinski definition) is 1. The molecule has 0 aromatic heterocycles. The van der Waals surface area contributed by atoms with Crippen LogP contribution in [0.1, 0.15) is 43.0 Å². The van der Waals surface area contributed by atoms with E-state index in [1.54, 1.807) is 0 Å². The molecule has 1 aromatic rings. The summed E-state index contributed by atoms with van der Waals surface area (Å²) < 4.78 is 37.3. The molecule has 1 aromatic carbocycles. The molecule has 9 heteroatoms. The van der Waals surface area contributed by atoms with E-state index in [2.05, 4.69) is 5.32 Å². The smallest absolute Gasteiger partial charge is 0.338 e. The highest BCUT2D eigenvalue weighted by Crippen LogP contribution is 2.21. The van der Waals surface area contributed by atoms with E-state index >= 15 is 0 Å². The fraction of sp³-hybridized carbons (Fsp3) is 0.579. The third kappa shape index (κ3) is 6.02. The molecular weight excluding hydrogens is 384 g/mol. The monoisotopic (exact) mass is 412 g/mol. The number of carbonyl (C=O) groups is 2. The van der Waals surface area contributed by atoms with Crippen LogP contribution in [0, 0.1) is 0 Å². The van der Waals surface area contributed by atoms with Crippen molar-refractivity contribution in [1.29, 1.82) is 0 Å². The first kappa shape index (κ1) is 22.3. The first-order valence-electron chi connectivity index (χ1n) is 9.44. The minimum atomic E-state index is -3.67. The first-order chi connectivity index (χ1) is 13.4. The number of nitrogens with one attached hydrogen (secondary N) is 1. The molecule has 8 nitrogen and oxygen atoms in total. The van der Waals surface area contributed by atoms with Gasteiger partial charge < -0.3 is 14.8 Å². The Morgan fingerprint density at radius 1 is 1.18 bits per heavy atom. The Kier molecular flexibility index (Phi) is 8.40. The Morgan fingerprint density at radius 3 is 2.50 bits per heavy atom. The van der Waals surface area contributed by atoms with Crippen molar-refractivity contribution < 1.29 is 27.5 Å². The van der Waals surface area contributed by atoms with Gasteiger partial charge in [0.1, 0.15) is 0 Å². The lowest BCUT2D eigenvalue weighted by Crippen LogP contribution is -2.37. The fourth-order valence-electron chi connectivity index (χ4n) is 2.92. The van der Waals surface area contributed by atoms with Gasteiger partial charge in [-0.1, -0.05) is 18.9 Å². The van der Waals surface area contributed by atoms with E-state index < -0.39 is 28.0 Å². The maximum Gasteiger partial charge on any atom is 0.338 e. The number of rotatable bonds is 8. The third-order valence-corrected chi connectivity index (χ3v) is 6.43. The summed E-state index contributed by atoms with van der Waals surface area (Å²) in [5.74, 6) is -1.19. The first-order valence-corrected chi connectivity index (χ1v) is 10.9. The van der Waals surface area contributed by atoms with Crippen LogP contribution in [0.4, 0.5) is 0 Å². The maximum atomic E-state index is 12.9. The van der Waals surface area contributed by atoms with Gasteiger partial charge in [0.25, 0.3) is 5.91 Å². The zero-order valence-electron chi connectivity index (χ0n) is 16.3. The summed E-state index contributed by atoms with van der Waals surface area (Å²) in [5.41, 5.74) is 0.0902. The van der Waals surface area contributed by atoms with Crippen LogP contribution in [0.25, 0.3) is 0 Å². The number of methoxy groups -OCH3 is 1. The lowest BCUT2D eigenvalue weighted by molar-refractivity contribution is -0.129. The van der Waals surface area contributed by atoms with Crippen LogP contribution >= 0.6 is 0 Å². The molecule has 0 aliphatic carbocycles. The van der Waals surface area contributed by atoms with E-state index in [0.29, 0.717) is 26.2 Å². The normalized spacial score (nSPS) is 16.8. The number of hydrogen-bond acceptors (Lipinski definition) is 6. The molecule has 0 radical (unpaired) electrons. The Morgan fingerprint density at radius 2 is 1.86 bits per heavy atom. The van der Waals surface area contributed by atoms with Crippen molar-refractivity contribution in [2.75, 3.05) is 33.4 Å². The molecule has 28 heavy (non-hydrogen) atoms. The number of benzene rings is 1. The number of amides is 1. The predicted octanol–water partition coefficient (Wildman–Crippen LogP) is 1.56. The van der Waals surface area contributed by atoms with Crippen LogP contribution in [0.5, 0.6) is 0 Å². The van der Waals surface area contributed by atoms with Crippen LogP contribution in [0.15, 0.2) is 29.2 Å². The van der Waals surface area contributed by atoms with E-state index in [0.717, 1.165) is 25.7 Å². The van der Waals surface area contributed by atoms with E-state index in [1.807, 2.05) is 0 Å². The van der Waals surface area contributed by atoms with Crippen molar-refractivity contribution in [3.05, 3.63) is 29.8 Å². The highest BCUT2D eigenvalue weighted by molar-refractivity contribution is 7.89. The van der Waals surface area contributed by atoms with Crippen LogP contribution in [0.2, 0.25) is 0 Å². The van der Waals surface area contributed by atoms with E-state index in [9.17, 15) is 18.0 Å². The molecule has 2 rings (SSSR count). The van der Waals surface area contributed by atoms with Crippen LogP contribution in [0.3, 0.4) is 0 Å². The van der Waals surface area contributed by atoms with Crippen molar-refractivity contribution in [3.63, 3.8) is 0 Å². The summed E-state index contributed by atoms with van der Waals surface area (Å²) in [6.07, 6.45) is 2.69. The summed E-state index contributed by atoms with van der Waals surface area (Å²) in [6.45, 7) is 3.08. The number of esters is 1. The SMILES string of the molecule is COCCNC(=O)[C@H](C)OC(=O)c1cccc(S(=O)(=O)N2CCCCCC2)c1. The second kappa shape index (κ2) is 10.5. The van der Waals surface area contributed by atoms with Gasteiger partial charge in [0.2, 0.25) is 10.0 Å². The number of ether oxygens (including phenoxy) is 2. The predicted molar refractivity (Wildman–Crippen MR) is 103 cm³/mol. The topological polar surface area (TPSA) is 102 Å². The fourth-order valence-corrected chi connectivity index (χ4v) is 4.48. The van der Waals surface area contributed by atoms with Gasteiger partial charge in [-0.2, -0.15) is 4.31 Å². The Hall–Kier alpha value is -1.97. The van der Waals surface area contributed by atoms with Crippen molar-refractivity contribution in [2.45, 2.75) is 43.6 Å². The molecule has 1 fully saturated rings. The molecule has 156 valence electrons. The minimum absolute atomic E-state index is 0.0565. The molecule has 1 N–H and O–H groups in total. The number of carbonyl (C=O) groups excluding carboxylic acids is 2. The summed E-state index contributed by atoms with van der Waals surface area (Å²) in [4.78, 5) is 24.3. The van der Waals surface area contributed by atoms with Gasteiger partial charge in [0.15, 0.2) is 6.10 Å². The van der Waals surface area contributed by atoms with Crippen LogP contribution in [-0.4, -0.2) is 64.1 Å². The second-order valence-electron chi connectivity index (χ2n) is 6.68. The van der Waals surface area contributed by atoms with Crippen LogP contribution < -0.4 is 5.32 Å². The quantitative estimate of drug-likeness (QED) is 0.514. The van der Waals surface area contributed by atoms with Gasteiger partial charge >= 0.3 is 5.97 Å². The Labute approximate surface area is 166 Å². The zero-order chi connectivity index (χ0) is 20.6. The van der Waals surface area contributed by atoms with Gasteiger partial charge in [-0.05, 0) is 38.0 Å². The highest BCUT2D eigenvalue weighted by Gasteiger charge is 2.26. The Balaban J connectivity index is 2.07. The molecule has 0 bridgehead atoms. The van der Waals surface area contributed by atoms with Gasteiger partial charge in [0, 0.05) is 26.7 Å². The highest BCUT2D eigenvalue weighted by atomic mass is 32.2. The van der Waals surface area contributed by atoms with Gasteiger partial charge in [-0.25, -0.2) is 13.2 Å². The lowest BCUT2D eigenvalue weighted by Gasteiger charge is -2.20. The van der Waals surface area contributed by atoms with Gasteiger partial charge in [-0.15, -0.1) is 0 Å². The third-order valence-electron chi connectivity index (χ3n) is 4.53. The molecule has 0 unspecified atom stereocenters. The summed E-state index contributed by atoms with van der Waals surface area (Å²) in [5, 5.41) is 2.58. The zero-order valence-corrected chi connectivity index (χ0v) is 17.2. The second-order valence-corrected chi connectivity index (χ2v) is 8.62. The standard InChI is InChI=1S/C19H28N2O6S/c1-15(18(22)20-10-13-26-2)27-19(23)16-8-7-9-17(14-16)28(24,25)21-11-5-3-4-6-12-21/h7-9,14-15H,3-6,10-13H2,1-2H3,(H,20,22)/t15-/m0/s1. The summed E-state index contributed by atoms with van der Waals surface area (Å²) in [6, 6.07) is 5.75. The van der Waals surface area contributed by atoms with E-state index in [1.165, 1.54) is 42.6 Å². The average Bonchev–Trinajstić information content (AvgIpc) is 2.98. The molecule has 1 aliphatic rings. The molecule has 1 saturated heterocycles. The minimum Gasteiger partial charge on any atom is -0.449 e. The Bertz CT molecular complexity index is 772. The summed E-state index contributed by atoms with van der Waals surface area (Å²) >= 11 is 0. The van der Waals surface area contributed by atoms with Gasteiger partial charge in [0.05, 0.1) is 17.1 Å². The van der Waals surface area contributed by atoms with E-state index in [-0.39, 0.29) is 10.5 Å². The van der Waals surface area contributed by atoms with Gasteiger partial charge in [-0.3, -0.25) is 4.79 Å². The average molecular weight is 413 g/mol. The lowest BCUT2D eigenvalue weighted by atomic mass is 10.2. The summed E-state index contributed by atoms with van der Waals surface area (Å²) in [7, 11) is -2.15. The molecule has 1 amide bonds. The van der Waals surface area contributed by atoms with Crippen LogP contribution in [-0.2, 0) is 24.3 Å². The largest absolute Gasteiger partial charge is 0.449 e. The van der Waals surface area contributed by atoms with Crippen molar-refractivity contribution in [2.24, 2.45) is 0 Å².